The average Bonchev–Trinajstić information content (AvgIpc) is 3.20. The fraction of sp³-hybridized carbons (Fsp3) is 0.682. The lowest BCUT2D eigenvalue weighted by atomic mass is 9.97. The van der Waals surface area contributed by atoms with E-state index in [4.69, 9.17) is 4.74 Å². The van der Waals surface area contributed by atoms with Gasteiger partial charge in [-0.2, -0.15) is 0 Å². The van der Waals surface area contributed by atoms with Gasteiger partial charge in [-0.1, -0.05) is 19.1 Å². The summed E-state index contributed by atoms with van der Waals surface area (Å²) in [5.74, 6) is 3.35. The van der Waals surface area contributed by atoms with Crippen LogP contribution in [0.2, 0.25) is 0 Å². The molecule has 0 amide bonds. The van der Waals surface area contributed by atoms with E-state index < -0.39 is 0 Å². The lowest BCUT2D eigenvalue weighted by molar-refractivity contribution is 0.185. The van der Waals surface area contributed by atoms with Crippen LogP contribution in [-0.4, -0.2) is 69.2 Å². The predicted octanol–water partition coefficient (Wildman–Crippen LogP) is 3.18. The van der Waals surface area contributed by atoms with Crippen molar-refractivity contribution in [1.82, 2.24) is 15.1 Å². The first-order valence-electron chi connectivity index (χ1n) is 10.5. The summed E-state index contributed by atoms with van der Waals surface area (Å²) in [6, 6.07) is 8.53. The summed E-state index contributed by atoms with van der Waals surface area (Å²) >= 11 is 0. The molecule has 0 saturated carbocycles. The van der Waals surface area contributed by atoms with Crippen molar-refractivity contribution >= 4 is 5.96 Å². The van der Waals surface area contributed by atoms with Crippen molar-refractivity contribution in [3.8, 4) is 5.75 Å². The van der Waals surface area contributed by atoms with Crippen molar-refractivity contribution in [2.24, 2.45) is 10.9 Å². The first-order valence-corrected chi connectivity index (χ1v) is 10.5. The second kappa shape index (κ2) is 9.98. The molecule has 1 N–H and O–H groups in total. The smallest absolute Gasteiger partial charge is 0.193 e. The average molecular weight is 373 g/mol. The number of hydrogen-bond acceptors (Lipinski definition) is 3. The normalized spacial score (nSPS) is 22.3. The molecule has 1 unspecified atom stereocenters. The molecule has 0 radical (unpaired) electrons. The van der Waals surface area contributed by atoms with Gasteiger partial charge in [0, 0.05) is 32.6 Å². The quantitative estimate of drug-likeness (QED) is 0.615. The number of likely N-dealkylation sites (tertiary alicyclic amines) is 2. The lowest BCUT2D eigenvalue weighted by Gasteiger charge is -2.32. The van der Waals surface area contributed by atoms with E-state index in [-0.39, 0.29) is 0 Å². The number of ether oxygens (including phenoxy) is 1. The topological polar surface area (TPSA) is 40.1 Å². The molecule has 2 aliphatic heterocycles. The largest absolute Gasteiger partial charge is 0.497 e. The van der Waals surface area contributed by atoms with E-state index >= 15 is 0 Å². The van der Waals surface area contributed by atoms with Gasteiger partial charge in [0.2, 0.25) is 0 Å². The molecule has 5 nitrogen and oxygen atoms in total. The third-order valence-corrected chi connectivity index (χ3v) is 6.08. The first-order chi connectivity index (χ1) is 13.2. The highest BCUT2D eigenvalue weighted by Crippen LogP contribution is 2.28. The minimum absolute atomic E-state index is 0.576. The summed E-state index contributed by atoms with van der Waals surface area (Å²) in [5.41, 5.74) is 1.40. The van der Waals surface area contributed by atoms with Gasteiger partial charge in [0.1, 0.15) is 5.75 Å². The Balaban J connectivity index is 1.46. The molecule has 2 aliphatic rings. The van der Waals surface area contributed by atoms with Gasteiger partial charge in [0.05, 0.1) is 7.11 Å². The summed E-state index contributed by atoms with van der Waals surface area (Å²) in [4.78, 5) is 9.58. The summed E-state index contributed by atoms with van der Waals surface area (Å²) < 4.78 is 5.28. The molecule has 2 saturated heterocycles. The van der Waals surface area contributed by atoms with Gasteiger partial charge in [-0.3, -0.25) is 4.99 Å². The maximum absolute atomic E-state index is 5.28. The van der Waals surface area contributed by atoms with Gasteiger partial charge in [-0.25, -0.2) is 0 Å². The molecule has 150 valence electrons. The van der Waals surface area contributed by atoms with Crippen LogP contribution in [0.15, 0.2) is 29.3 Å². The molecule has 5 heteroatoms. The van der Waals surface area contributed by atoms with E-state index in [2.05, 4.69) is 51.3 Å². The van der Waals surface area contributed by atoms with Gasteiger partial charge in [-0.15, -0.1) is 0 Å². The van der Waals surface area contributed by atoms with Crippen LogP contribution in [0.5, 0.6) is 5.75 Å². The van der Waals surface area contributed by atoms with Crippen molar-refractivity contribution < 1.29 is 4.74 Å². The van der Waals surface area contributed by atoms with Gasteiger partial charge in [-0.05, 0) is 68.9 Å². The third kappa shape index (κ3) is 5.38. The Kier molecular flexibility index (Phi) is 7.39. The Bertz CT molecular complexity index is 593. The Labute approximate surface area is 164 Å². The van der Waals surface area contributed by atoms with Crippen LogP contribution < -0.4 is 10.1 Å². The number of rotatable bonds is 6. The van der Waals surface area contributed by atoms with E-state index in [1.807, 2.05) is 7.05 Å². The molecule has 0 bridgehead atoms. The molecular weight excluding hydrogens is 336 g/mol. The monoisotopic (exact) mass is 372 g/mol. The Morgan fingerprint density at radius 2 is 1.89 bits per heavy atom. The van der Waals surface area contributed by atoms with Crippen molar-refractivity contribution in [2.75, 3.05) is 53.4 Å². The second-order valence-electron chi connectivity index (χ2n) is 7.92. The fourth-order valence-electron chi connectivity index (χ4n) is 4.40. The van der Waals surface area contributed by atoms with Crippen LogP contribution in [0.1, 0.15) is 44.1 Å². The zero-order valence-corrected chi connectivity index (χ0v) is 17.3. The van der Waals surface area contributed by atoms with Crippen LogP contribution in [0.3, 0.4) is 0 Å². The van der Waals surface area contributed by atoms with Gasteiger partial charge >= 0.3 is 0 Å². The van der Waals surface area contributed by atoms with Crippen LogP contribution in [0, 0.1) is 5.92 Å². The van der Waals surface area contributed by atoms with Crippen LogP contribution in [0.25, 0.3) is 0 Å². The molecule has 2 fully saturated rings. The fourth-order valence-corrected chi connectivity index (χ4v) is 4.40. The number of methoxy groups -OCH3 is 1. The zero-order chi connectivity index (χ0) is 19.1. The van der Waals surface area contributed by atoms with E-state index in [1.54, 1.807) is 7.11 Å². The SMILES string of the molecule is CCCN1CCC(CNC(=NC)N2CCC(c3ccc(OC)cc3)C2)CC1. The molecule has 3 rings (SSSR count). The van der Waals surface area contributed by atoms with Gasteiger partial charge < -0.3 is 19.9 Å². The zero-order valence-electron chi connectivity index (χ0n) is 17.3. The second-order valence-corrected chi connectivity index (χ2v) is 7.92. The Morgan fingerprint density at radius 1 is 1.15 bits per heavy atom. The highest BCUT2D eigenvalue weighted by Gasteiger charge is 2.27. The van der Waals surface area contributed by atoms with E-state index in [0.717, 1.165) is 37.3 Å². The van der Waals surface area contributed by atoms with E-state index in [0.29, 0.717) is 5.92 Å². The van der Waals surface area contributed by atoms with Crippen molar-refractivity contribution in [3.05, 3.63) is 29.8 Å². The molecular formula is C22H36N4O. The number of nitrogens with zero attached hydrogens (tertiary/aromatic N) is 3. The number of guanidine groups is 1. The van der Waals surface area contributed by atoms with E-state index in [9.17, 15) is 0 Å². The van der Waals surface area contributed by atoms with Crippen molar-refractivity contribution in [1.29, 1.82) is 0 Å². The third-order valence-electron chi connectivity index (χ3n) is 6.08. The number of benzene rings is 1. The van der Waals surface area contributed by atoms with Gasteiger partial charge in [0.25, 0.3) is 0 Å². The molecule has 1 aromatic carbocycles. The van der Waals surface area contributed by atoms with Crippen LogP contribution in [0.4, 0.5) is 0 Å². The molecule has 27 heavy (non-hydrogen) atoms. The summed E-state index contributed by atoms with van der Waals surface area (Å²) in [5, 5.41) is 3.66. The summed E-state index contributed by atoms with van der Waals surface area (Å²) in [6.07, 6.45) is 5.05. The highest BCUT2D eigenvalue weighted by molar-refractivity contribution is 5.80. The summed E-state index contributed by atoms with van der Waals surface area (Å²) in [7, 11) is 3.63. The van der Waals surface area contributed by atoms with Crippen LogP contribution in [-0.2, 0) is 0 Å². The maximum atomic E-state index is 5.28. The molecule has 2 heterocycles. The number of piperidine rings is 1. The van der Waals surface area contributed by atoms with Gasteiger partial charge in [0.15, 0.2) is 5.96 Å². The van der Waals surface area contributed by atoms with Crippen molar-refractivity contribution in [2.45, 2.75) is 38.5 Å². The summed E-state index contributed by atoms with van der Waals surface area (Å²) in [6.45, 7) is 9.20. The number of aliphatic imine (C=N–C) groups is 1. The molecule has 1 aromatic rings. The van der Waals surface area contributed by atoms with Crippen molar-refractivity contribution in [3.63, 3.8) is 0 Å². The van der Waals surface area contributed by atoms with E-state index in [1.165, 1.54) is 50.9 Å². The maximum Gasteiger partial charge on any atom is 0.193 e. The van der Waals surface area contributed by atoms with Crippen LogP contribution >= 0.6 is 0 Å². The molecule has 0 spiro atoms. The minimum Gasteiger partial charge on any atom is -0.497 e. The first kappa shape index (κ1) is 20.0. The molecule has 1 atom stereocenters. The predicted molar refractivity (Wildman–Crippen MR) is 113 cm³/mol. The minimum atomic E-state index is 0.576. The standard InChI is InChI=1S/C22H36N4O/c1-4-12-25-13-9-18(10-14-25)16-24-22(23-2)26-15-11-20(17-26)19-5-7-21(27-3)8-6-19/h5-8,18,20H,4,9-17H2,1-3H3,(H,23,24). The number of nitrogens with one attached hydrogen (secondary N) is 1. The highest BCUT2D eigenvalue weighted by atomic mass is 16.5. The lowest BCUT2D eigenvalue weighted by Crippen LogP contribution is -2.44. The molecule has 0 aromatic heterocycles. The number of hydrogen-bond donors (Lipinski definition) is 1. The Hall–Kier alpha value is -1.75. The Morgan fingerprint density at radius 3 is 2.52 bits per heavy atom. The molecule has 0 aliphatic carbocycles.